The molecule has 1 aromatic heterocycles. The lowest BCUT2D eigenvalue weighted by Crippen LogP contribution is -2.17. The zero-order chi connectivity index (χ0) is 11.6. The maximum atomic E-state index is 11.7. The predicted molar refractivity (Wildman–Crippen MR) is 61.6 cm³/mol. The van der Waals surface area contributed by atoms with Gasteiger partial charge in [0.15, 0.2) is 0 Å². The maximum absolute atomic E-state index is 11.7. The van der Waals surface area contributed by atoms with Crippen LogP contribution in [-0.4, -0.2) is 25.8 Å². The summed E-state index contributed by atoms with van der Waals surface area (Å²) in [4.78, 5) is 12.7. The normalized spacial score (nSPS) is 17.5. The summed E-state index contributed by atoms with van der Waals surface area (Å²) in [6.45, 7) is 0.606. The molecule has 4 nitrogen and oxygen atoms in total. The zero-order valence-corrected chi connectivity index (χ0v) is 10.1. The van der Waals surface area contributed by atoms with E-state index in [0.29, 0.717) is 17.2 Å². The van der Waals surface area contributed by atoms with E-state index in [9.17, 15) is 13.2 Å². The molecule has 1 aromatic rings. The Hall–Kier alpha value is -1.14. The quantitative estimate of drug-likeness (QED) is 0.826. The van der Waals surface area contributed by atoms with Crippen molar-refractivity contribution in [3.8, 4) is 0 Å². The number of hydrogen-bond donors (Lipinski definition) is 0. The molecule has 86 valence electrons. The second-order valence-corrected chi connectivity index (χ2v) is 6.46. The van der Waals surface area contributed by atoms with Crippen molar-refractivity contribution in [1.82, 2.24) is 4.90 Å². The van der Waals surface area contributed by atoms with Gasteiger partial charge in [-0.25, -0.2) is 8.42 Å². The van der Waals surface area contributed by atoms with Crippen molar-refractivity contribution in [2.45, 2.75) is 17.1 Å². The minimum absolute atomic E-state index is 0.0161. The third-order valence-electron chi connectivity index (χ3n) is 2.31. The SMILES string of the molecule is O=C1CCCN1/C=C/S(=O)(=O)c1cccs1. The Labute approximate surface area is 98.1 Å². The van der Waals surface area contributed by atoms with Gasteiger partial charge in [-0.2, -0.15) is 0 Å². The smallest absolute Gasteiger partial charge is 0.226 e. The van der Waals surface area contributed by atoms with Crippen LogP contribution in [0.5, 0.6) is 0 Å². The first-order valence-corrected chi connectivity index (χ1v) is 7.28. The summed E-state index contributed by atoms with van der Waals surface area (Å²) in [5.74, 6) is -0.0161. The molecule has 0 aliphatic carbocycles. The summed E-state index contributed by atoms with van der Waals surface area (Å²) >= 11 is 1.17. The number of likely N-dealkylation sites (tertiary alicyclic amines) is 1. The zero-order valence-electron chi connectivity index (χ0n) is 8.50. The monoisotopic (exact) mass is 257 g/mol. The van der Waals surface area contributed by atoms with Gasteiger partial charge in [0, 0.05) is 19.2 Å². The van der Waals surface area contributed by atoms with Gasteiger partial charge in [-0.3, -0.25) is 4.79 Å². The van der Waals surface area contributed by atoms with Crippen molar-refractivity contribution in [3.63, 3.8) is 0 Å². The average molecular weight is 257 g/mol. The molecule has 2 heterocycles. The highest BCUT2D eigenvalue weighted by atomic mass is 32.2. The third kappa shape index (κ3) is 2.33. The summed E-state index contributed by atoms with van der Waals surface area (Å²) < 4.78 is 23.8. The summed E-state index contributed by atoms with van der Waals surface area (Å²) in [5, 5.41) is 2.81. The van der Waals surface area contributed by atoms with E-state index in [0.717, 1.165) is 11.8 Å². The van der Waals surface area contributed by atoms with Gasteiger partial charge >= 0.3 is 0 Å². The molecular formula is C10H11NO3S2. The lowest BCUT2D eigenvalue weighted by Gasteiger charge is -2.07. The molecule has 0 saturated carbocycles. The number of rotatable bonds is 3. The number of thiophene rings is 1. The highest BCUT2D eigenvalue weighted by molar-refractivity contribution is 7.96. The lowest BCUT2D eigenvalue weighted by atomic mass is 10.4. The first-order valence-electron chi connectivity index (χ1n) is 4.86. The van der Waals surface area contributed by atoms with Crippen molar-refractivity contribution in [3.05, 3.63) is 29.1 Å². The fraction of sp³-hybridized carbons (Fsp3) is 0.300. The Morgan fingerprint density at radius 1 is 1.44 bits per heavy atom. The molecule has 0 aromatic carbocycles. The van der Waals surface area contributed by atoms with Gasteiger partial charge in [-0.05, 0) is 17.9 Å². The molecular weight excluding hydrogens is 246 g/mol. The second-order valence-electron chi connectivity index (χ2n) is 3.45. The number of sulfone groups is 1. The van der Waals surface area contributed by atoms with Gasteiger partial charge in [0.2, 0.25) is 15.7 Å². The van der Waals surface area contributed by atoms with Gasteiger partial charge in [-0.1, -0.05) is 6.07 Å². The molecule has 1 saturated heterocycles. The van der Waals surface area contributed by atoms with E-state index in [4.69, 9.17) is 0 Å². The molecule has 0 bridgehead atoms. The van der Waals surface area contributed by atoms with Gasteiger partial charge in [0.05, 0.1) is 5.41 Å². The molecule has 0 radical (unpaired) electrons. The summed E-state index contributed by atoms with van der Waals surface area (Å²) in [6, 6.07) is 3.24. The fourth-order valence-electron chi connectivity index (χ4n) is 1.47. The van der Waals surface area contributed by atoms with Crippen LogP contribution >= 0.6 is 11.3 Å². The van der Waals surface area contributed by atoms with E-state index in [1.807, 2.05) is 0 Å². The van der Waals surface area contributed by atoms with Crippen molar-refractivity contribution < 1.29 is 13.2 Å². The van der Waals surface area contributed by atoms with Crippen molar-refractivity contribution >= 4 is 27.1 Å². The fourth-order valence-corrected chi connectivity index (χ4v) is 3.50. The minimum atomic E-state index is -3.38. The van der Waals surface area contributed by atoms with Crippen LogP contribution in [0.3, 0.4) is 0 Å². The van der Waals surface area contributed by atoms with Crippen LogP contribution in [0.4, 0.5) is 0 Å². The highest BCUT2D eigenvalue weighted by Crippen LogP contribution is 2.19. The topological polar surface area (TPSA) is 54.5 Å². The van der Waals surface area contributed by atoms with Crippen LogP contribution in [-0.2, 0) is 14.6 Å². The number of nitrogens with zero attached hydrogens (tertiary/aromatic N) is 1. The van der Waals surface area contributed by atoms with E-state index in [2.05, 4.69) is 0 Å². The van der Waals surface area contributed by atoms with Gasteiger partial charge in [0.1, 0.15) is 4.21 Å². The summed E-state index contributed by atoms with van der Waals surface area (Å²) in [6.07, 6.45) is 2.66. The van der Waals surface area contributed by atoms with Gasteiger partial charge in [0.25, 0.3) is 0 Å². The molecule has 16 heavy (non-hydrogen) atoms. The molecule has 1 aliphatic heterocycles. The van der Waals surface area contributed by atoms with Crippen LogP contribution in [0.2, 0.25) is 0 Å². The Morgan fingerprint density at radius 2 is 2.25 bits per heavy atom. The molecule has 0 unspecified atom stereocenters. The van der Waals surface area contributed by atoms with Gasteiger partial charge in [-0.15, -0.1) is 11.3 Å². The van der Waals surface area contributed by atoms with E-state index in [1.54, 1.807) is 17.5 Å². The maximum Gasteiger partial charge on any atom is 0.226 e. The van der Waals surface area contributed by atoms with E-state index in [1.165, 1.54) is 22.4 Å². The van der Waals surface area contributed by atoms with Crippen LogP contribution in [0, 0.1) is 0 Å². The largest absolute Gasteiger partial charge is 0.318 e. The standard InChI is InChI=1S/C10H11NO3S2/c12-9-3-1-5-11(9)6-8-16(13,14)10-4-2-7-15-10/h2,4,6-8H,1,3,5H2/b8-6+. The predicted octanol–water partition coefficient (Wildman–Crippen LogP) is 1.62. The molecule has 1 aliphatic rings. The highest BCUT2D eigenvalue weighted by Gasteiger charge is 2.19. The van der Waals surface area contributed by atoms with Crippen LogP contribution in [0.1, 0.15) is 12.8 Å². The molecule has 0 spiro atoms. The summed E-state index contributed by atoms with van der Waals surface area (Å²) in [7, 11) is -3.38. The number of amides is 1. The lowest BCUT2D eigenvalue weighted by molar-refractivity contribution is -0.125. The Bertz CT molecular complexity index is 502. The summed E-state index contributed by atoms with van der Waals surface area (Å²) in [5.41, 5.74) is 0. The molecule has 2 rings (SSSR count). The molecule has 1 amide bonds. The van der Waals surface area contributed by atoms with E-state index < -0.39 is 9.84 Å². The Balaban J connectivity index is 2.15. The third-order valence-corrected chi connectivity index (χ3v) is 5.13. The first-order chi connectivity index (χ1) is 7.59. The average Bonchev–Trinajstić information content (AvgIpc) is 2.85. The van der Waals surface area contributed by atoms with Crippen molar-refractivity contribution in [1.29, 1.82) is 0 Å². The molecule has 6 heteroatoms. The van der Waals surface area contributed by atoms with Crippen LogP contribution in [0.25, 0.3) is 0 Å². The Kier molecular flexibility index (Phi) is 3.11. The minimum Gasteiger partial charge on any atom is -0.318 e. The van der Waals surface area contributed by atoms with Crippen LogP contribution in [0.15, 0.2) is 33.3 Å². The van der Waals surface area contributed by atoms with Crippen LogP contribution < -0.4 is 0 Å². The van der Waals surface area contributed by atoms with E-state index >= 15 is 0 Å². The van der Waals surface area contributed by atoms with E-state index in [-0.39, 0.29) is 5.91 Å². The molecule has 0 N–H and O–H groups in total. The van der Waals surface area contributed by atoms with Gasteiger partial charge < -0.3 is 4.90 Å². The first kappa shape index (κ1) is 11.3. The van der Waals surface area contributed by atoms with Crippen molar-refractivity contribution in [2.24, 2.45) is 0 Å². The van der Waals surface area contributed by atoms with Crippen molar-refractivity contribution in [2.75, 3.05) is 6.54 Å². The Morgan fingerprint density at radius 3 is 2.81 bits per heavy atom. The number of hydrogen-bond acceptors (Lipinski definition) is 4. The number of carbonyl (C=O) groups excluding carboxylic acids is 1. The molecule has 0 atom stereocenters. The molecule has 1 fully saturated rings. The second kappa shape index (κ2) is 4.39. The number of carbonyl (C=O) groups is 1.